The maximum Gasteiger partial charge on any atom is 0.215 e. The van der Waals surface area contributed by atoms with E-state index in [0.29, 0.717) is 23.8 Å². The van der Waals surface area contributed by atoms with Crippen molar-refractivity contribution in [2.24, 2.45) is 5.92 Å². The van der Waals surface area contributed by atoms with Crippen LogP contribution in [-0.4, -0.2) is 37.8 Å². The number of hydrogen-bond acceptors (Lipinski definition) is 5. The fourth-order valence-corrected chi connectivity index (χ4v) is 9.76. The molecule has 0 spiro atoms. The largest absolute Gasteiger partial charge is 0.499 e. The van der Waals surface area contributed by atoms with Gasteiger partial charge in [-0.05, 0) is 42.9 Å². The van der Waals surface area contributed by atoms with Crippen molar-refractivity contribution in [3.05, 3.63) is 138 Å². The van der Waals surface area contributed by atoms with E-state index in [9.17, 15) is 0 Å². The molecule has 3 aromatic carbocycles. The summed E-state index contributed by atoms with van der Waals surface area (Å²) in [7, 11) is 0. The maximum atomic E-state index is 6.16. The molecule has 8 heteroatoms. The van der Waals surface area contributed by atoms with Crippen LogP contribution in [0.1, 0.15) is 30.7 Å². The predicted molar refractivity (Wildman–Crippen MR) is 207 cm³/mol. The molecule has 51 heavy (non-hydrogen) atoms. The summed E-state index contributed by atoms with van der Waals surface area (Å²) in [6, 6.07) is 39.4. The third-order valence-corrected chi connectivity index (χ3v) is 13.1. The van der Waals surface area contributed by atoms with E-state index in [-0.39, 0.29) is 20.1 Å². The standard InChI is InChI=1S/C25H17N4O.C18H24GeN.Ir/c1-16-11-12-18-22-23(30-25(18)27-16)19(13-14-26-22)24-28-20-9-5-6-10-21(20)29(24)15-17-7-3-2-4-8-17;1-14(2)11-16-12-18(15-9-7-6-8-10-15)20-13-17(16)19(3,4)5;/h2-12,14H,15H2,1H3;6-9,12-14H,11H2,1-5H3;/q2*-1;. The van der Waals surface area contributed by atoms with Crippen LogP contribution in [0.15, 0.2) is 114 Å². The summed E-state index contributed by atoms with van der Waals surface area (Å²) in [5, 5.41) is 0.900. The van der Waals surface area contributed by atoms with E-state index in [1.165, 1.54) is 11.1 Å². The number of pyridine rings is 3. The first-order chi connectivity index (χ1) is 24.2. The van der Waals surface area contributed by atoms with Gasteiger partial charge in [0, 0.05) is 38.2 Å². The number of furan rings is 1. The van der Waals surface area contributed by atoms with Gasteiger partial charge in [0.05, 0.1) is 27.5 Å². The molecule has 259 valence electrons. The molecule has 1 radical (unpaired) electrons. The van der Waals surface area contributed by atoms with E-state index in [0.717, 1.165) is 56.7 Å². The molecule has 0 N–H and O–H groups in total. The molecule has 6 nitrogen and oxygen atoms in total. The topological polar surface area (TPSA) is 69.6 Å². The first kappa shape index (κ1) is 36.4. The Balaban J connectivity index is 0.000000188. The van der Waals surface area contributed by atoms with Crippen molar-refractivity contribution < 1.29 is 24.5 Å². The average molecular weight is 909 g/mol. The molecule has 0 bridgehead atoms. The SMILES string of the molecule is CC(C)Cc1cc(-c2[c-]cccc2)nc[c]1[Ge]([CH3])([CH3])[CH3].Cc1ccc2c(n1)oc1c(-c3nc4ccccc4n3Cc3ccccc3)[c-]cnc12.[Ir]. The van der Waals surface area contributed by atoms with Gasteiger partial charge in [0.25, 0.3) is 0 Å². The smallest absolute Gasteiger partial charge is 0.215 e. The fourth-order valence-electron chi connectivity index (χ4n) is 6.42. The van der Waals surface area contributed by atoms with E-state index in [4.69, 9.17) is 14.4 Å². The second-order valence-corrected chi connectivity index (χ2v) is 24.8. The quantitative estimate of drug-likeness (QED) is 0.118. The summed E-state index contributed by atoms with van der Waals surface area (Å²) in [4.78, 5) is 18.7. The zero-order chi connectivity index (χ0) is 34.8. The molecule has 0 unspecified atom stereocenters. The van der Waals surface area contributed by atoms with Crippen molar-refractivity contribution in [1.82, 2.24) is 24.5 Å². The van der Waals surface area contributed by atoms with E-state index < -0.39 is 13.3 Å². The molecule has 5 heterocycles. The summed E-state index contributed by atoms with van der Waals surface area (Å²) in [5.74, 6) is 8.80. The van der Waals surface area contributed by atoms with Gasteiger partial charge in [-0.1, -0.05) is 42.5 Å². The summed E-state index contributed by atoms with van der Waals surface area (Å²) in [6.45, 7) is 7.22. The van der Waals surface area contributed by atoms with Gasteiger partial charge < -0.3 is 8.98 Å². The van der Waals surface area contributed by atoms with Crippen LogP contribution in [0.4, 0.5) is 0 Å². The molecule has 0 saturated heterocycles. The predicted octanol–water partition coefficient (Wildman–Crippen LogP) is 9.84. The summed E-state index contributed by atoms with van der Waals surface area (Å²) >= 11 is -1.86. The number of imidazole rings is 1. The monoisotopic (exact) mass is 910 g/mol. The van der Waals surface area contributed by atoms with Gasteiger partial charge >= 0.3 is 126 Å². The van der Waals surface area contributed by atoms with E-state index in [2.05, 4.69) is 106 Å². The van der Waals surface area contributed by atoms with Crippen LogP contribution in [0.5, 0.6) is 0 Å². The number of aromatic nitrogens is 5. The number of rotatable bonds is 7. The van der Waals surface area contributed by atoms with E-state index in [1.54, 1.807) is 10.6 Å². The fraction of sp³-hybridized carbons (Fsp3) is 0.209. The molecular formula is C43H41GeIrN5O-2. The van der Waals surface area contributed by atoms with Crippen molar-refractivity contribution in [2.45, 2.75) is 51.0 Å². The van der Waals surface area contributed by atoms with Crippen LogP contribution >= 0.6 is 0 Å². The normalized spacial score (nSPS) is 11.5. The Morgan fingerprint density at radius 1 is 0.843 bits per heavy atom. The zero-order valence-corrected chi connectivity index (χ0v) is 34.4. The van der Waals surface area contributed by atoms with Crippen molar-refractivity contribution in [1.29, 1.82) is 0 Å². The molecular weight excluding hydrogens is 867 g/mol. The van der Waals surface area contributed by atoms with Gasteiger partial charge in [-0.3, -0.25) is 9.97 Å². The minimum absolute atomic E-state index is 0. The van der Waals surface area contributed by atoms with Gasteiger partial charge in [0.15, 0.2) is 0 Å². The molecule has 0 saturated carbocycles. The number of hydrogen-bond donors (Lipinski definition) is 0. The molecule has 5 aromatic heterocycles. The molecule has 8 aromatic rings. The van der Waals surface area contributed by atoms with E-state index >= 15 is 0 Å². The van der Waals surface area contributed by atoms with Crippen molar-refractivity contribution in [2.75, 3.05) is 0 Å². The maximum absolute atomic E-state index is 6.16. The van der Waals surface area contributed by atoms with Gasteiger partial charge in [-0.2, -0.15) is 0 Å². The first-order valence-electron chi connectivity index (χ1n) is 17.2. The molecule has 0 aliphatic rings. The zero-order valence-electron chi connectivity index (χ0n) is 29.9. The summed E-state index contributed by atoms with van der Waals surface area (Å²) in [6.07, 6.45) is 4.97. The Morgan fingerprint density at radius 3 is 2.35 bits per heavy atom. The molecule has 0 atom stereocenters. The number of fused-ring (bicyclic) bond motifs is 4. The summed E-state index contributed by atoms with van der Waals surface area (Å²) in [5.41, 5.74) is 10.6. The second kappa shape index (κ2) is 15.4. The van der Waals surface area contributed by atoms with Crippen LogP contribution in [0.2, 0.25) is 17.3 Å². The third-order valence-electron chi connectivity index (χ3n) is 8.77. The van der Waals surface area contributed by atoms with Crippen molar-refractivity contribution in [3.8, 4) is 22.6 Å². The molecule has 0 fully saturated rings. The molecule has 0 aliphatic heterocycles. The number of aryl methyl sites for hydroxylation is 1. The minimum atomic E-state index is -1.86. The van der Waals surface area contributed by atoms with Crippen LogP contribution in [0.3, 0.4) is 0 Å². The average Bonchev–Trinajstić information content (AvgIpc) is 3.66. The van der Waals surface area contributed by atoms with Gasteiger partial charge in [0.2, 0.25) is 5.71 Å². The van der Waals surface area contributed by atoms with E-state index in [1.807, 2.05) is 61.5 Å². The minimum Gasteiger partial charge on any atom is -0.499 e. The van der Waals surface area contributed by atoms with Crippen molar-refractivity contribution >= 4 is 50.9 Å². The van der Waals surface area contributed by atoms with Crippen molar-refractivity contribution in [3.63, 3.8) is 0 Å². The molecule has 0 amide bonds. The Hall–Kier alpha value is -4.43. The Bertz CT molecular complexity index is 2410. The van der Waals surface area contributed by atoms with Crippen LogP contribution in [-0.2, 0) is 33.1 Å². The molecule has 0 aliphatic carbocycles. The first-order valence-corrected chi connectivity index (χ1v) is 24.5. The Labute approximate surface area is 316 Å². The third kappa shape index (κ3) is 7.91. The number of para-hydroxylation sites is 2. The Kier molecular flexibility index (Phi) is 11.0. The van der Waals surface area contributed by atoms with Crippen LogP contribution < -0.4 is 4.40 Å². The van der Waals surface area contributed by atoms with Crippen LogP contribution in [0, 0.1) is 25.0 Å². The Morgan fingerprint density at radius 2 is 1.61 bits per heavy atom. The summed E-state index contributed by atoms with van der Waals surface area (Å²) < 4.78 is 9.91. The molecule has 8 rings (SSSR count). The van der Waals surface area contributed by atoms with Gasteiger partial charge in [-0.25, -0.2) is 4.98 Å². The van der Waals surface area contributed by atoms with Crippen LogP contribution in [0.25, 0.3) is 55.9 Å². The number of benzene rings is 3. The van der Waals surface area contributed by atoms with Gasteiger partial charge in [-0.15, -0.1) is 11.6 Å². The van der Waals surface area contributed by atoms with Gasteiger partial charge in [0.1, 0.15) is 0 Å². The number of nitrogens with zero attached hydrogens (tertiary/aromatic N) is 5. The second-order valence-electron chi connectivity index (χ2n) is 14.2.